The van der Waals surface area contributed by atoms with E-state index in [4.69, 9.17) is 23.2 Å². The number of hydrogen-bond donors (Lipinski definition) is 1. The summed E-state index contributed by atoms with van der Waals surface area (Å²) in [6, 6.07) is 6.66. The molecule has 1 aliphatic rings. The Hall–Kier alpha value is -1.57. The van der Waals surface area contributed by atoms with E-state index in [9.17, 15) is 13.2 Å². The Morgan fingerprint density at radius 2 is 1.96 bits per heavy atom. The van der Waals surface area contributed by atoms with E-state index in [1.54, 1.807) is 24.3 Å². The summed E-state index contributed by atoms with van der Waals surface area (Å²) in [4.78, 5) is 12.4. The molecule has 128 valence electrons. The van der Waals surface area contributed by atoms with Crippen molar-refractivity contribution in [3.63, 3.8) is 0 Å². The normalized spacial score (nSPS) is 19.3. The van der Waals surface area contributed by atoms with Gasteiger partial charge < -0.3 is 5.32 Å². The number of halogens is 2. The van der Waals surface area contributed by atoms with Gasteiger partial charge in [0, 0.05) is 11.6 Å². The lowest BCUT2D eigenvalue weighted by molar-refractivity contribution is 0.596. The number of anilines is 1. The molecule has 24 heavy (non-hydrogen) atoms. The van der Waals surface area contributed by atoms with Crippen molar-refractivity contribution in [1.29, 1.82) is 0 Å². The first-order valence-corrected chi connectivity index (χ1v) is 9.91. The summed E-state index contributed by atoms with van der Waals surface area (Å²) in [5.74, 6) is 0.390. The first kappa shape index (κ1) is 17.3. The lowest BCUT2D eigenvalue weighted by Crippen LogP contribution is -2.24. The molecule has 1 aromatic heterocycles. The van der Waals surface area contributed by atoms with Crippen molar-refractivity contribution in [2.45, 2.75) is 6.42 Å². The molecule has 0 radical (unpaired) electrons. The Bertz CT molecular complexity index is 911. The van der Waals surface area contributed by atoms with Crippen molar-refractivity contribution in [1.82, 2.24) is 9.78 Å². The summed E-state index contributed by atoms with van der Waals surface area (Å²) in [6.45, 7) is 0.436. The summed E-state index contributed by atoms with van der Waals surface area (Å²) < 4.78 is 24.1. The molecule has 2 aromatic rings. The van der Waals surface area contributed by atoms with E-state index < -0.39 is 15.4 Å². The van der Waals surface area contributed by atoms with Crippen molar-refractivity contribution in [3.8, 4) is 5.69 Å². The second kappa shape index (κ2) is 6.74. The fraction of sp³-hybridized carbons (Fsp3) is 0.333. The van der Waals surface area contributed by atoms with Gasteiger partial charge in [-0.25, -0.2) is 8.42 Å². The number of nitrogens with zero attached hydrogens (tertiary/aromatic N) is 2. The summed E-state index contributed by atoms with van der Waals surface area (Å²) >= 11 is 12.0. The van der Waals surface area contributed by atoms with Crippen LogP contribution < -0.4 is 10.9 Å². The van der Waals surface area contributed by atoms with Gasteiger partial charge in [0.25, 0.3) is 5.56 Å². The fourth-order valence-corrected chi connectivity index (χ4v) is 4.79. The van der Waals surface area contributed by atoms with E-state index in [0.717, 1.165) is 0 Å². The minimum atomic E-state index is -2.93. The van der Waals surface area contributed by atoms with E-state index in [-0.39, 0.29) is 22.4 Å². The van der Waals surface area contributed by atoms with Crippen LogP contribution in [0.2, 0.25) is 10.0 Å². The first-order chi connectivity index (χ1) is 11.4. The molecule has 0 bridgehead atoms. The number of benzene rings is 1. The van der Waals surface area contributed by atoms with Crippen LogP contribution in [-0.2, 0) is 9.84 Å². The maximum absolute atomic E-state index is 12.4. The van der Waals surface area contributed by atoms with Crippen molar-refractivity contribution in [3.05, 3.63) is 50.9 Å². The topological polar surface area (TPSA) is 81.1 Å². The molecule has 0 saturated carbocycles. The Balaban J connectivity index is 1.78. The van der Waals surface area contributed by atoms with Crippen LogP contribution in [0.1, 0.15) is 6.42 Å². The third-order valence-corrected chi connectivity index (χ3v) is 6.35. The SMILES string of the molecule is O=c1c(Cl)c(NCC2CCS(=O)(=O)C2)cnn1-c1ccc(Cl)cc1. The van der Waals surface area contributed by atoms with Crippen LogP contribution in [0, 0.1) is 5.92 Å². The summed E-state index contributed by atoms with van der Waals surface area (Å²) in [5.41, 5.74) is 0.499. The van der Waals surface area contributed by atoms with E-state index >= 15 is 0 Å². The summed E-state index contributed by atoms with van der Waals surface area (Å²) in [5, 5.41) is 7.71. The molecule has 1 aliphatic heterocycles. The molecule has 3 rings (SSSR count). The lowest BCUT2D eigenvalue weighted by Gasteiger charge is -2.13. The van der Waals surface area contributed by atoms with E-state index in [1.807, 2.05) is 0 Å². The fourth-order valence-electron chi connectivity index (χ4n) is 2.61. The Labute approximate surface area is 149 Å². The number of hydrogen-bond acceptors (Lipinski definition) is 5. The number of sulfone groups is 1. The van der Waals surface area contributed by atoms with Crippen LogP contribution in [0.15, 0.2) is 35.3 Å². The summed E-state index contributed by atoms with van der Waals surface area (Å²) in [6.07, 6.45) is 2.07. The van der Waals surface area contributed by atoms with Gasteiger partial charge in [-0.1, -0.05) is 23.2 Å². The third kappa shape index (κ3) is 3.74. The molecule has 2 heterocycles. The van der Waals surface area contributed by atoms with Crippen LogP contribution >= 0.6 is 23.2 Å². The molecule has 1 atom stereocenters. The van der Waals surface area contributed by atoms with Gasteiger partial charge >= 0.3 is 0 Å². The Kier molecular flexibility index (Phi) is 4.85. The number of rotatable bonds is 4. The second-order valence-electron chi connectivity index (χ2n) is 5.72. The number of aromatic nitrogens is 2. The predicted molar refractivity (Wildman–Crippen MR) is 95.1 cm³/mol. The molecule has 1 fully saturated rings. The Morgan fingerprint density at radius 1 is 1.25 bits per heavy atom. The molecule has 0 amide bonds. The zero-order chi connectivity index (χ0) is 17.3. The predicted octanol–water partition coefficient (Wildman–Crippen LogP) is 2.39. The minimum Gasteiger partial charge on any atom is -0.382 e. The molecule has 0 aliphatic carbocycles. The van der Waals surface area contributed by atoms with Crippen molar-refractivity contribution >= 4 is 38.7 Å². The zero-order valence-electron chi connectivity index (χ0n) is 12.6. The average molecular weight is 388 g/mol. The molecule has 0 spiro atoms. The first-order valence-electron chi connectivity index (χ1n) is 7.34. The quantitative estimate of drug-likeness (QED) is 0.870. The highest BCUT2D eigenvalue weighted by Gasteiger charge is 2.27. The van der Waals surface area contributed by atoms with E-state index in [1.165, 1.54) is 10.9 Å². The molecule has 6 nitrogen and oxygen atoms in total. The van der Waals surface area contributed by atoms with Gasteiger partial charge in [0.2, 0.25) is 0 Å². The minimum absolute atomic E-state index is 0.0146. The van der Waals surface area contributed by atoms with Crippen LogP contribution in [0.25, 0.3) is 5.69 Å². The summed E-state index contributed by atoms with van der Waals surface area (Å²) in [7, 11) is -2.93. The average Bonchev–Trinajstić information content (AvgIpc) is 2.89. The van der Waals surface area contributed by atoms with Crippen molar-refractivity contribution < 1.29 is 8.42 Å². The van der Waals surface area contributed by atoms with Gasteiger partial charge in [-0.15, -0.1) is 0 Å². The van der Waals surface area contributed by atoms with Gasteiger partial charge in [0.15, 0.2) is 9.84 Å². The van der Waals surface area contributed by atoms with E-state index in [2.05, 4.69) is 10.4 Å². The molecule has 1 unspecified atom stereocenters. The van der Waals surface area contributed by atoms with Gasteiger partial charge in [0.05, 0.1) is 29.1 Å². The maximum atomic E-state index is 12.4. The molecular weight excluding hydrogens is 373 g/mol. The highest BCUT2D eigenvalue weighted by atomic mass is 35.5. The largest absolute Gasteiger partial charge is 0.382 e. The lowest BCUT2D eigenvalue weighted by atomic mass is 10.1. The number of nitrogens with one attached hydrogen (secondary N) is 1. The van der Waals surface area contributed by atoms with Crippen LogP contribution in [0.5, 0.6) is 0 Å². The second-order valence-corrected chi connectivity index (χ2v) is 8.76. The van der Waals surface area contributed by atoms with Crippen LogP contribution in [0.4, 0.5) is 5.69 Å². The monoisotopic (exact) mass is 387 g/mol. The van der Waals surface area contributed by atoms with Crippen LogP contribution in [-0.4, -0.2) is 36.2 Å². The maximum Gasteiger partial charge on any atom is 0.292 e. The molecule has 1 N–H and O–H groups in total. The standard InChI is InChI=1S/C15H15Cl2N3O3S/c16-11-1-3-12(4-2-11)20-15(21)14(17)13(8-19-20)18-7-10-5-6-24(22,23)9-10/h1-4,8,10,18H,5-7,9H2. The highest BCUT2D eigenvalue weighted by molar-refractivity contribution is 7.91. The van der Waals surface area contributed by atoms with Crippen molar-refractivity contribution in [2.24, 2.45) is 5.92 Å². The molecule has 1 saturated heterocycles. The third-order valence-electron chi connectivity index (χ3n) is 3.90. The molecule has 1 aromatic carbocycles. The van der Waals surface area contributed by atoms with E-state index in [0.29, 0.717) is 29.4 Å². The van der Waals surface area contributed by atoms with Gasteiger partial charge in [0.1, 0.15) is 5.02 Å². The molecule has 9 heteroatoms. The molecular formula is C15H15Cl2N3O3S. The smallest absolute Gasteiger partial charge is 0.292 e. The van der Waals surface area contributed by atoms with Gasteiger partial charge in [-0.3, -0.25) is 4.79 Å². The Morgan fingerprint density at radius 3 is 2.58 bits per heavy atom. The van der Waals surface area contributed by atoms with Crippen molar-refractivity contribution in [2.75, 3.05) is 23.4 Å². The van der Waals surface area contributed by atoms with Crippen LogP contribution in [0.3, 0.4) is 0 Å². The van der Waals surface area contributed by atoms with Gasteiger partial charge in [-0.2, -0.15) is 9.78 Å². The zero-order valence-corrected chi connectivity index (χ0v) is 14.9. The highest BCUT2D eigenvalue weighted by Crippen LogP contribution is 2.22. The van der Waals surface area contributed by atoms with Gasteiger partial charge in [-0.05, 0) is 36.6 Å².